The Kier molecular flexibility index (Phi) is 5.60. The summed E-state index contributed by atoms with van der Waals surface area (Å²) in [5, 5.41) is 3.36. The summed E-state index contributed by atoms with van der Waals surface area (Å²) < 4.78 is 27.8. The van der Waals surface area contributed by atoms with Gasteiger partial charge in [-0.25, -0.2) is 8.42 Å². The first-order valence-electron chi connectivity index (χ1n) is 8.85. The molecule has 1 unspecified atom stereocenters. The molecule has 2 saturated heterocycles. The second kappa shape index (κ2) is 7.40. The Hall–Kier alpha value is -0.860. The van der Waals surface area contributed by atoms with Crippen LogP contribution < -0.4 is 10.2 Å². The number of hydrogen-bond donors (Lipinski definition) is 1. The fourth-order valence-electron chi connectivity index (χ4n) is 4.10. The molecule has 0 radical (unpaired) electrons. The van der Waals surface area contributed by atoms with Crippen LogP contribution in [-0.2, 0) is 16.4 Å². The number of nitrogens with zero attached hydrogens (tertiary/aromatic N) is 3. The van der Waals surface area contributed by atoms with Crippen molar-refractivity contribution in [2.45, 2.75) is 23.8 Å². The van der Waals surface area contributed by atoms with Crippen molar-refractivity contribution in [3.05, 3.63) is 23.8 Å². The molecule has 3 heterocycles. The molecule has 0 aliphatic carbocycles. The van der Waals surface area contributed by atoms with E-state index in [9.17, 15) is 8.42 Å². The minimum Gasteiger partial charge on any atom is -0.374 e. The van der Waals surface area contributed by atoms with Crippen LogP contribution in [0.25, 0.3) is 0 Å². The van der Waals surface area contributed by atoms with E-state index in [1.165, 1.54) is 5.56 Å². The van der Waals surface area contributed by atoms with Crippen LogP contribution in [0.2, 0.25) is 0 Å². The van der Waals surface area contributed by atoms with Crippen molar-refractivity contribution >= 4 is 28.1 Å². The quantitative estimate of drug-likeness (QED) is 0.831. The predicted molar refractivity (Wildman–Crippen MR) is 102 cm³/mol. The summed E-state index contributed by atoms with van der Waals surface area (Å²) in [5.74, 6) is 0. The Morgan fingerprint density at radius 2 is 1.88 bits per heavy atom. The number of halogens is 1. The smallest absolute Gasteiger partial charge is 0.243 e. The van der Waals surface area contributed by atoms with Gasteiger partial charge in [-0.15, -0.1) is 12.4 Å². The molecular formula is C17H27ClN4O2S. The van der Waals surface area contributed by atoms with Crippen molar-refractivity contribution in [3.63, 3.8) is 0 Å². The third-order valence-corrected chi connectivity index (χ3v) is 7.48. The number of nitrogens with one attached hydrogen (secondary N) is 1. The molecule has 0 saturated carbocycles. The lowest BCUT2D eigenvalue weighted by atomic mass is 10.2. The lowest BCUT2D eigenvalue weighted by molar-refractivity contribution is 0.179. The van der Waals surface area contributed by atoms with Gasteiger partial charge in [-0.3, -0.25) is 4.90 Å². The van der Waals surface area contributed by atoms with Gasteiger partial charge < -0.3 is 10.2 Å². The summed E-state index contributed by atoms with van der Waals surface area (Å²) in [6, 6.07) is 5.98. The van der Waals surface area contributed by atoms with Crippen molar-refractivity contribution in [2.75, 3.05) is 57.8 Å². The lowest BCUT2D eigenvalue weighted by Crippen LogP contribution is -2.49. The number of fused-ring (bicyclic) bond motifs is 1. The van der Waals surface area contributed by atoms with Crippen LogP contribution >= 0.6 is 12.4 Å². The summed E-state index contributed by atoms with van der Waals surface area (Å²) in [4.78, 5) is 5.01. The number of sulfonamides is 1. The van der Waals surface area contributed by atoms with Crippen LogP contribution in [0.15, 0.2) is 23.1 Å². The average Bonchev–Trinajstić information content (AvgIpc) is 3.23. The summed E-state index contributed by atoms with van der Waals surface area (Å²) in [5.41, 5.74) is 2.31. The number of benzene rings is 1. The van der Waals surface area contributed by atoms with E-state index in [4.69, 9.17) is 0 Å². The molecule has 4 rings (SSSR count). The molecule has 25 heavy (non-hydrogen) atoms. The summed E-state index contributed by atoms with van der Waals surface area (Å²) in [6.45, 7) is 6.25. The van der Waals surface area contributed by atoms with Crippen molar-refractivity contribution in [1.82, 2.24) is 14.5 Å². The topological polar surface area (TPSA) is 55.9 Å². The van der Waals surface area contributed by atoms with Crippen LogP contribution in [0.1, 0.15) is 12.0 Å². The Labute approximate surface area is 156 Å². The maximum absolute atomic E-state index is 13.0. The van der Waals surface area contributed by atoms with E-state index in [2.05, 4.69) is 15.1 Å². The Balaban J connectivity index is 0.00000182. The highest BCUT2D eigenvalue weighted by Gasteiger charge is 2.36. The molecule has 6 nitrogen and oxygen atoms in total. The molecule has 140 valence electrons. The maximum atomic E-state index is 13.0. The van der Waals surface area contributed by atoms with E-state index in [0.717, 1.165) is 51.3 Å². The minimum absolute atomic E-state index is 0. The molecule has 1 aromatic carbocycles. The number of piperazine rings is 1. The molecule has 2 fully saturated rings. The van der Waals surface area contributed by atoms with E-state index in [1.54, 1.807) is 10.4 Å². The standard InChI is InChI=1S/C17H26N4O2S.ClH/c1-19-8-4-14-2-3-16(12-17(14)19)24(22,23)21-9-5-15(13-21)20-10-6-18-7-11-20;/h2-3,12,15,18H,4-11,13H2,1H3;1H. The molecule has 8 heteroatoms. The van der Waals surface area contributed by atoms with Gasteiger partial charge in [0.1, 0.15) is 0 Å². The van der Waals surface area contributed by atoms with Gasteiger partial charge in [0.15, 0.2) is 0 Å². The van der Waals surface area contributed by atoms with Crippen LogP contribution in [0.3, 0.4) is 0 Å². The van der Waals surface area contributed by atoms with Gasteiger partial charge in [-0.05, 0) is 30.5 Å². The van der Waals surface area contributed by atoms with Gasteiger partial charge in [0, 0.05) is 64.6 Å². The van der Waals surface area contributed by atoms with Crippen molar-refractivity contribution in [1.29, 1.82) is 0 Å². The first kappa shape index (κ1) is 18.9. The Morgan fingerprint density at radius 1 is 1.12 bits per heavy atom. The van der Waals surface area contributed by atoms with Gasteiger partial charge in [0.05, 0.1) is 4.90 Å². The van der Waals surface area contributed by atoms with Gasteiger partial charge in [0.2, 0.25) is 10.0 Å². The van der Waals surface area contributed by atoms with Gasteiger partial charge in [-0.1, -0.05) is 6.07 Å². The first-order valence-corrected chi connectivity index (χ1v) is 10.3. The zero-order valence-corrected chi connectivity index (χ0v) is 16.3. The average molecular weight is 387 g/mol. The summed E-state index contributed by atoms with van der Waals surface area (Å²) in [6.07, 6.45) is 1.94. The molecular weight excluding hydrogens is 360 g/mol. The number of rotatable bonds is 3. The van der Waals surface area contributed by atoms with Crippen LogP contribution in [0.5, 0.6) is 0 Å². The van der Waals surface area contributed by atoms with E-state index >= 15 is 0 Å². The van der Waals surface area contributed by atoms with Gasteiger partial charge >= 0.3 is 0 Å². The molecule has 1 aromatic rings. The highest BCUT2D eigenvalue weighted by Crippen LogP contribution is 2.31. The Bertz CT molecular complexity index is 721. The molecule has 1 atom stereocenters. The largest absolute Gasteiger partial charge is 0.374 e. The zero-order chi connectivity index (χ0) is 16.7. The second-order valence-electron chi connectivity index (χ2n) is 7.05. The SMILES string of the molecule is CN1CCc2ccc(S(=O)(=O)N3CCC(N4CCNCC4)C3)cc21.Cl. The van der Waals surface area contributed by atoms with E-state index < -0.39 is 10.0 Å². The second-order valence-corrected chi connectivity index (χ2v) is 8.99. The minimum atomic E-state index is -3.39. The fraction of sp³-hybridized carbons (Fsp3) is 0.647. The predicted octanol–water partition coefficient (Wildman–Crippen LogP) is 0.769. The van der Waals surface area contributed by atoms with Crippen LogP contribution in [0, 0.1) is 0 Å². The monoisotopic (exact) mass is 386 g/mol. The van der Waals surface area contributed by atoms with Crippen LogP contribution in [-0.4, -0.2) is 76.5 Å². The van der Waals surface area contributed by atoms with Crippen molar-refractivity contribution in [3.8, 4) is 0 Å². The number of likely N-dealkylation sites (N-methyl/N-ethyl adjacent to an activating group) is 1. The third-order valence-electron chi connectivity index (χ3n) is 5.62. The molecule has 0 bridgehead atoms. The summed E-state index contributed by atoms with van der Waals surface area (Å²) in [7, 11) is -1.36. The lowest BCUT2D eigenvalue weighted by Gasteiger charge is -2.32. The molecule has 0 spiro atoms. The van der Waals surface area contributed by atoms with E-state index in [1.807, 2.05) is 19.2 Å². The normalized spacial score (nSPS) is 25.0. The maximum Gasteiger partial charge on any atom is 0.243 e. The highest BCUT2D eigenvalue weighted by molar-refractivity contribution is 7.89. The van der Waals surface area contributed by atoms with Crippen LogP contribution in [0.4, 0.5) is 5.69 Å². The van der Waals surface area contributed by atoms with E-state index in [-0.39, 0.29) is 12.4 Å². The molecule has 0 amide bonds. The van der Waals surface area contributed by atoms with E-state index in [0.29, 0.717) is 24.0 Å². The van der Waals surface area contributed by atoms with Gasteiger partial charge in [0.25, 0.3) is 0 Å². The van der Waals surface area contributed by atoms with Crippen molar-refractivity contribution < 1.29 is 8.42 Å². The summed E-state index contributed by atoms with van der Waals surface area (Å²) >= 11 is 0. The zero-order valence-electron chi connectivity index (χ0n) is 14.6. The van der Waals surface area contributed by atoms with Gasteiger partial charge in [-0.2, -0.15) is 4.31 Å². The molecule has 1 N–H and O–H groups in total. The number of hydrogen-bond acceptors (Lipinski definition) is 5. The highest BCUT2D eigenvalue weighted by atomic mass is 35.5. The molecule has 0 aromatic heterocycles. The van der Waals surface area contributed by atoms with Crippen molar-refractivity contribution in [2.24, 2.45) is 0 Å². The fourth-order valence-corrected chi connectivity index (χ4v) is 5.62. The third kappa shape index (κ3) is 3.53. The first-order chi connectivity index (χ1) is 11.6. The molecule has 3 aliphatic rings. The number of anilines is 1. The molecule has 3 aliphatic heterocycles. The Morgan fingerprint density at radius 3 is 2.64 bits per heavy atom.